The second-order valence-electron chi connectivity index (χ2n) is 8.57. The maximum Gasteiger partial charge on any atom is 0.249 e. The zero-order valence-corrected chi connectivity index (χ0v) is 19.0. The minimum absolute atomic E-state index is 0.0184. The summed E-state index contributed by atoms with van der Waals surface area (Å²) < 4.78 is 16.4. The van der Waals surface area contributed by atoms with Gasteiger partial charge in [0.05, 0.1) is 26.0 Å². The highest BCUT2D eigenvalue weighted by Gasteiger charge is 2.33. The van der Waals surface area contributed by atoms with Crippen molar-refractivity contribution in [2.75, 3.05) is 33.9 Å². The molecule has 0 bridgehead atoms. The zero-order valence-electron chi connectivity index (χ0n) is 19.0. The summed E-state index contributed by atoms with van der Waals surface area (Å²) in [6, 6.07) is 11.9. The van der Waals surface area contributed by atoms with Crippen LogP contribution in [0.2, 0.25) is 0 Å². The number of hydrogen-bond acceptors (Lipinski definition) is 6. The maximum atomic E-state index is 12.9. The highest BCUT2D eigenvalue weighted by molar-refractivity contribution is 5.81. The minimum Gasteiger partial charge on any atom is -0.493 e. The molecule has 32 heavy (non-hydrogen) atoms. The largest absolute Gasteiger partial charge is 0.493 e. The summed E-state index contributed by atoms with van der Waals surface area (Å²) in [6.45, 7) is 3.40. The second-order valence-corrected chi connectivity index (χ2v) is 8.57. The second kappa shape index (κ2) is 10.8. The first-order chi connectivity index (χ1) is 15.7. The molecule has 2 saturated heterocycles. The van der Waals surface area contributed by atoms with Gasteiger partial charge in [-0.05, 0) is 68.0 Å². The molecular weight excluding hydrogens is 406 g/mol. The predicted octanol–water partition coefficient (Wildman–Crippen LogP) is 3.35. The van der Waals surface area contributed by atoms with Gasteiger partial charge in [0.2, 0.25) is 5.91 Å². The summed E-state index contributed by atoms with van der Waals surface area (Å²) in [4.78, 5) is 19.9. The molecule has 2 fully saturated rings. The molecule has 7 heteroatoms. The number of likely N-dealkylation sites (tertiary alicyclic amines) is 1. The van der Waals surface area contributed by atoms with Crippen LogP contribution in [0.1, 0.15) is 43.0 Å². The molecule has 1 aromatic heterocycles. The van der Waals surface area contributed by atoms with Crippen molar-refractivity contribution in [3.63, 3.8) is 0 Å². The fraction of sp³-hybridized carbons (Fsp3) is 0.520. The Morgan fingerprint density at radius 3 is 2.78 bits per heavy atom. The summed E-state index contributed by atoms with van der Waals surface area (Å²) in [7, 11) is 3.31. The standard InChI is InChI=1S/C25H33N3O4/c1-30-21-11-10-18(15-23(21)31-2)16-28-13-5-7-19(17-28)24(20-8-3-4-12-26-20)27-25(29)22-9-6-14-32-22/h3-4,8,10-12,15,19,22,24H,5-7,9,13-14,16-17H2,1-2H3,(H,27,29)/t19-,22-,24+/m0/s1. The summed E-state index contributed by atoms with van der Waals surface area (Å²) in [5, 5.41) is 3.27. The van der Waals surface area contributed by atoms with Crippen molar-refractivity contribution >= 4 is 5.91 Å². The highest BCUT2D eigenvalue weighted by Crippen LogP contribution is 2.32. The smallest absolute Gasteiger partial charge is 0.249 e. The normalized spacial score (nSPS) is 22.3. The zero-order chi connectivity index (χ0) is 22.3. The number of ether oxygens (including phenoxy) is 3. The molecule has 0 saturated carbocycles. The van der Waals surface area contributed by atoms with Crippen molar-refractivity contribution in [1.82, 2.24) is 15.2 Å². The Kier molecular flexibility index (Phi) is 7.60. The monoisotopic (exact) mass is 439 g/mol. The van der Waals surface area contributed by atoms with Crippen LogP contribution in [0.4, 0.5) is 0 Å². The molecule has 4 rings (SSSR count). The number of carbonyl (C=O) groups excluding carboxylic acids is 1. The molecule has 2 aliphatic heterocycles. The third kappa shape index (κ3) is 5.40. The molecule has 2 aromatic rings. The quantitative estimate of drug-likeness (QED) is 0.680. The van der Waals surface area contributed by atoms with E-state index in [1.54, 1.807) is 20.4 Å². The lowest BCUT2D eigenvalue weighted by atomic mass is 9.88. The molecule has 3 atom stereocenters. The summed E-state index contributed by atoms with van der Waals surface area (Å²) in [6.07, 6.45) is 5.32. The van der Waals surface area contributed by atoms with Crippen LogP contribution in [0.15, 0.2) is 42.6 Å². The Balaban J connectivity index is 1.47. The minimum atomic E-state index is -0.340. The number of benzene rings is 1. The molecule has 7 nitrogen and oxygen atoms in total. The first-order valence-electron chi connectivity index (χ1n) is 11.4. The van der Waals surface area contributed by atoms with E-state index >= 15 is 0 Å². The number of piperidine rings is 1. The number of amides is 1. The van der Waals surface area contributed by atoms with Gasteiger partial charge in [0.15, 0.2) is 11.5 Å². The van der Waals surface area contributed by atoms with E-state index in [0.29, 0.717) is 6.61 Å². The van der Waals surface area contributed by atoms with Gasteiger partial charge >= 0.3 is 0 Å². The van der Waals surface area contributed by atoms with Crippen LogP contribution < -0.4 is 14.8 Å². The first-order valence-corrected chi connectivity index (χ1v) is 11.4. The van der Waals surface area contributed by atoms with Crippen molar-refractivity contribution < 1.29 is 19.0 Å². The Hall–Kier alpha value is -2.64. The fourth-order valence-corrected chi connectivity index (χ4v) is 4.77. The SMILES string of the molecule is COc1ccc(CN2CCC[C@H]([C@@H](NC(=O)[C@@H]3CCCO3)c3ccccn3)C2)cc1OC. The third-order valence-electron chi connectivity index (χ3n) is 6.39. The van der Waals surface area contributed by atoms with Gasteiger partial charge in [-0.2, -0.15) is 0 Å². The lowest BCUT2D eigenvalue weighted by molar-refractivity contribution is -0.131. The summed E-state index contributed by atoms with van der Waals surface area (Å²) in [5.74, 6) is 1.74. The van der Waals surface area contributed by atoms with E-state index in [1.165, 1.54) is 5.56 Å². The average Bonchev–Trinajstić information content (AvgIpc) is 3.38. The Labute approximate surface area is 190 Å². The van der Waals surface area contributed by atoms with E-state index in [2.05, 4.69) is 21.3 Å². The van der Waals surface area contributed by atoms with Gasteiger partial charge in [-0.15, -0.1) is 0 Å². The van der Waals surface area contributed by atoms with Gasteiger partial charge < -0.3 is 19.5 Å². The van der Waals surface area contributed by atoms with E-state index in [-0.39, 0.29) is 24.0 Å². The van der Waals surface area contributed by atoms with Gasteiger partial charge in [-0.25, -0.2) is 0 Å². The number of nitrogens with zero attached hydrogens (tertiary/aromatic N) is 2. The van der Waals surface area contributed by atoms with Crippen molar-refractivity contribution in [3.8, 4) is 11.5 Å². The number of hydrogen-bond donors (Lipinski definition) is 1. The molecule has 1 aromatic carbocycles. The lowest BCUT2D eigenvalue weighted by Gasteiger charge is -2.37. The van der Waals surface area contributed by atoms with Crippen LogP contribution >= 0.6 is 0 Å². The van der Waals surface area contributed by atoms with E-state index in [1.807, 2.05) is 30.3 Å². The van der Waals surface area contributed by atoms with Gasteiger partial charge in [-0.3, -0.25) is 14.7 Å². The maximum absolute atomic E-state index is 12.9. The number of nitrogens with one attached hydrogen (secondary N) is 1. The van der Waals surface area contributed by atoms with Gasteiger partial charge in [0.1, 0.15) is 6.10 Å². The molecule has 1 N–H and O–H groups in total. The van der Waals surface area contributed by atoms with E-state index in [0.717, 1.165) is 62.5 Å². The Bertz CT molecular complexity index is 886. The first kappa shape index (κ1) is 22.6. The van der Waals surface area contributed by atoms with E-state index < -0.39 is 0 Å². The number of aromatic nitrogens is 1. The molecule has 0 unspecified atom stereocenters. The third-order valence-corrected chi connectivity index (χ3v) is 6.39. The Morgan fingerprint density at radius 2 is 2.06 bits per heavy atom. The molecule has 0 aliphatic carbocycles. The topological polar surface area (TPSA) is 72.9 Å². The lowest BCUT2D eigenvalue weighted by Crippen LogP contribution is -2.45. The summed E-state index contributed by atoms with van der Waals surface area (Å²) in [5.41, 5.74) is 2.10. The number of rotatable bonds is 8. The van der Waals surface area contributed by atoms with E-state index in [4.69, 9.17) is 14.2 Å². The van der Waals surface area contributed by atoms with Crippen molar-refractivity contribution in [2.45, 2.75) is 44.4 Å². The fourth-order valence-electron chi connectivity index (χ4n) is 4.77. The van der Waals surface area contributed by atoms with Gasteiger partial charge in [-0.1, -0.05) is 12.1 Å². The van der Waals surface area contributed by atoms with Crippen LogP contribution in [-0.4, -0.2) is 55.8 Å². The van der Waals surface area contributed by atoms with Crippen LogP contribution in [0.25, 0.3) is 0 Å². The van der Waals surface area contributed by atoms with Crippen molar-refractivity contribution in [2.24, 2.45) is 5.92 Å². The van der Waals surface area contributed by atoms with Gasteiger partial charge in [0, 0.05) is 25.9 Å². The average molecular weight is 440 g/mol. The number of pyridine rings is 1. The summed E-state index contributed by atoms with van der Waals surface area (Å²) >= 11 is 0. The molecular formula is C25H33N3O4. The van der Waals surface area contributed by atoms with Crippen molar-refractivity contribution in [1.29, 1.82) is 0 Å². The van der Waals surface area contributed by atoms with E-state index in [9.17, 15) is 4.79 Å². The van der Waals surface area contributed by atoms with Crippen LogP contribution in [0.3, 0.4) is 0 Å². The van der Waals surface area contributed by atoms with Crippen molar-refractivity contribution in [3.05, 3.63) is 53.9 Å². The molecule has 1 amide bonds. The van der Waals surface area contributed by atoms with Crippen LogP contribution in [0.5, 0.6) is 11.5 Å². The molecule has 0 spiro atoms. The molecule has 172 valence electrons. The molecule has 2 aliphatic rings. The highest BCUT2D eigenvalue weighted by atomic mass is 16.5. The van der Waals surface area contributed by atoms with Crippen LogP contribution in [-0.2, 0) is 16.1 Å². The molecule has 0 radical (unpaired) electrons. The van der Waals surface area contributed by atoms with Gasteiger partial charge in [0.25, 0.3) is 0 Å². The Morgan fingerprint density at radius 1 is 1.19 bits per heavy atom. The number of methoxy groups -OCH3 is 2. The predicted molar refractivity (Wildman–Crippen MR) is 122 cm³/mol. The molecule has 3 heterocycles. The van der Waals surface area contributed by atoms with Crippen LogP contribution in [0, 0.1) is 5.92 Å². The number of carbonyl (C=O) groups is 1.